The van der Waals surface area contributed by atoms with Crippen molar-refractivity contribution in [3.8, 4) is 5.75 Å². The van der Waals surface area contributed by atoms with E-state index in [0.29, 0.717) is 10.6 Å². The van der Waals surface area contributed by atoms with Gasteiger partial charge in [-0.15, -0.1) is 0 Å². The number of sulfonamides is 1. The highest BCUT2D eigenvalue weighted by Crippen LogP contribution is 2.25. The molecule has 0 amide bonds. The predicted molar refractivity (Wildman–Crippen MR) is 105 cm³/mol. The van der Waals surface area contributed by atoms with Crippen molar-refractivity contribution in [3.63, 3.8) is 0 Å². The number of piperidine rings is 1. The number of hydrogen-bond acceptors (Lipinski definition) is 4. The Labute approximate surface area is 160 Å². The summed E-state index contributed by atoms with van der Waals surface area (Å²) in [7, 11) is -1.93. The van der Waals surface area contributed by atoms with Crippen LogP contribution in [0.3, 0.4) is 0 Å². The van der Waals surface area contributed by atoms with Gasteiger partial charge >= 0.3 is 0 Å². The fourth-order valence-corrected chi connectivity index (χ4v) is 5.01. The molecule has 1 saturated heterocycles. The molecule has 0 atom stereocenters. The summed E-state index contributed by atoms with van der Waals surface area (Å²) in [5.41, 5.74) is 1.82. The number of aryl methyl sites for hydroxylation is 1. The molecule has 1 aliphatic heterocycles. The lowest BCUT2D eigenvalue weighted by atomic mass is 10.1. The van der Waals surface area contributed by atoms with Gasteiger partial charge in [-0.1, -0.05) is 17.7 Å². The van der Waals surface area contributed by atoms with Gasteiger partial charge in [-0.2, -0.15) is 0 Å². The van der Waals surface area contributed by atoms with E-state index in [2.05, 4.69) is 9.62 Å². The van der Waals surface area contributed by atoms with Gasteiger partial charge in [0.25, 0.3) is 0 Å². The Balaban J connectivity index is 1.63. The van der Waals surface area contributed by atoms with Crippen LogP contribution in [0.1, 0.15) is 18.4 Å². The van der Waals surface area contributed by atoms with Crippen LogP contribution in [0.2, 0.25) is 5.02 Å². The quantitative estimate of drug-likeness (QED) is 0.841. The highest BCUT2D eigenvalue weighted by atomic mass is 35.5. The largest absolute Gasteiger partial charge is 0.497 e. The van der Waals surface area contributed by atoms with Gasteiger partial charge < -0.3 is 9.64 Å². The zero-order valence-electron chi connectivity index (χ0n) is 14.9. The summed E-state index contributed by atoms with van der Waals surface area (Å²) in [6, 6.07) is 12.8. The lowest BCUT2D eigenvalue weighted by Gasteiger charge is -2.34. The minimum atomic E-state index is -3.57. The van der Waals surface area contributed by atoms with Gasteiger partial charge in [0.1, 0.15) is 5.75 Å². The third-order valence-electron chi connectivity index (χ3n) is 4.69. The van der Waals surface area contributed by atoms with Crippen molar-refractivity contribution in [2.45, 2.75) is 30.7 Å². The van der Waals surface area contributed by atoms with Crippen molar-refractivity contribution in [1.29, 1.82) is 0 Å². The molecule has 1 fully saturated rings. The molecular weight excluding hydrogens is 372 g/mol. The van der Waals surface area contributed by atoms with Crippen molar-refractivity contribution < 1.29 is 13.2 Å². The molecule has 0 saturated carbocycles. The summed E-state index contributed by atoms with van der Waals surface area (Å²) in [6.45, 7) is 3.37. The van der Waals surface area contributed by atoms with Gasteiger partial charge in [0, 0.05) is 29.8 Å². The minimum Gasteiger partial charge on any atom is -0.497 e. The van der Waals surface area contributed by atoms with Gasteiger partial charge in [0.2, 0.25) is 10.0 Å². The topological polar surface area (TPSA) is 58.6 Å². The van der Waals surface area contributed by atoms with Crippen molar-refractivity contribution in [1.82, 2.24) is 4.72 Å². The van der Waals surface area contributed by atoms with Crippen LogP contribution in [0, 0.1) is 6.92 Å². The molecule has 7 heteroatoms. The summed E-state index contributed by atoms with van der Waals surface area (Å²) in [5.74, 6) is 0.827. The number of ether oxygens (including phenoxy) is 1. The fourth-order valence-electron chi connectivity index (χ4n) is 3.19. The van der Waals surface area contributed by atoms with Crippen LogP contribution in [0.5, 0.6) is 5.75 Å². The average molecular weight is 395 g/mol. The lowest BCUT2D eigenvalue weighted by Crippen LogP contribution is -2.44. The third kappa shape index (κ3) is 4.31. The molecule has 2 aromatic carbocycles. The summed E-state index contributed by atoms with van der Waals surface area (Å²) in [4.78, 5) is 2.51. The third-order valence-corrected chi connectivity index (χ3v) is 6.59. The van der Waals surface area contributed by atoms with E-state index in [9.17, 15) is 8.42 Å². The number of methoxy groups -OCH3 is 1. The number of rotatable bonds is 5. The smallest absolute Gasteiger partial charge is 0.241 e. The number of halogens is 1. The number of anilines is 1. The predicted octanol–water partition coefficient (Wildman–Crippen LogP) is 3.60. The second kappa shape index (κ2) is 7.86. The van der Waals surface area contributed by atoms with Gasteiger partial charge in [-0.25, -0.2) is 13.1 Å². The van der Waals surface area contributed by atoms with Crippen molar-refractivity contribution in [2.24, 2.45) is 0 Å². The van der Waals surface area contributed by atoms with Gasteiger partial charge in [0.15, 0.2) is 0 Å². The Bertz CT molecular complexity index is 861. The van der Waals surface area contributed by atoms with Crippen molar-refractivity contribution >= 4 is 27.3 Å². The Morgan fingerprint density at radius 3 is 2.38 bits per heavy atom. The molecule has 0 spiro atoms. The first kappa shape index (κ1) is 19.0. The maximum atomic E-state index is 12.7. The SMILES string of the molecule is COc1ccc(N2CCC(NS(=O)(=O)c3cc(Cl)ccc3C)CC2)cc1. The highest BCUT2D eigenvalue weighted by Gasteiger charge is 2.26. The molecule has 2 aromatic rings. The second-order valence-corrected chi connectivity index (χ2v) is 8.61. The Kier molecular flexibility index (Phi) is 5.75. The van der Waals surface area contributed by atoms with Crippen LogP contribution >= 0.6 is 11.6 Å². The van der Waals surface area contributed by atoms with Crippen LogP contribution < -0.4 is 14.4 Å². The van der Waals surface area contributed by atoms with Gasteiger partial charge in [-0.3, -0.25) is 0 Å². The van der Waals surface area contributed by atoms with E-state index in [4.69, 9.17) is 16.3 Å². The maximum Gasteiger partial charge on any atom is 0.241 e. The maximum absolute atomic E-state index is 12.7. The summed E-state index contributed by atoms with van der Waals surface area (Å²) < 4.78 is 33.4. The average Bonchev–Trinajstić information content (AvgIpc) is 2.64. The van der Waals surface area contributed by atoms with Crippen LogP contribution in [0.15, 0.2) is 47.4 Å². The van der Waals surface area contributed by atoms with Crippen LogP contribution in [-0.4, -0.2) is 34.7 Å². The van der Waals surface area contributed by atoms with Crippen LogP contribution in [0.25, 0.3) is 0 Å². The van der Waals surface area contributed by atoms with E-state index in [1.54, 1.807) is 26.2 Å². The van der Waals surface area contributed by atoms with Gasteiger partial charge in [-0.05, 0) is 61.7 Å². The molecule has 0 bridgehead atoms. The van der Waals surface area contributed by atoms with E-state index in [1.165, 1.54) is 6.07 Å². The molecule has 5 nitrogen and oxygen atoms in total. The first-order valence-corrected chi connectivity index (χ1v) is 10.4. The molecule has 140 valence electrons. The van der Waals surface area contributed by atoms with Gasteiger partial charge in [0.05, 0.1) is 12.0 Å². The van der Waals surface area contributed by atoms with Crippen molar-refractivity contribution in [3.05, 3.63) is 53.1 Å². The molecule has 1 aliphatic rings. The first-order chi connectivity index (χ1) is 12.4. The van der Waals surface area contributed by atoms with E-state index in [1.807, 2.05) is 24.3 Å². The molecule has 3 rings (SSSR count). The zero-order valence-corrected chi connectivity index (χ0v) is 16.5. The van der Waals surface area contributed by atoms with E-state index >= 15 is 0 Å². The van der Waals surface area contributed by atoms with Crippen molar-refractivity contribution in [2.75, 3.05) is 25.1 Å². The minimum absolute atomic E-state index is 0.0760. The molecule has 0 radical (unpaired) electrons. The summed E-state index contributed by atoms with van der Waals surface area (Å²) in [5, 5.41) is 0.422. The van der Waals surface area contributed by atoms with E-state index in [0.717, 1.165) is 37.4 Å². The monoisotopic (exact) mass is 394 g/mol. The first-order valence-electron chi connectivity index (χ1n) is 8.56. The number of hydrogen-bond donors (Lipinski definition) is 1. The Morgan fingerprint density at radius 1 is 1.12 bits per heavy atom. The normalized spacial score (nSPS) is 15.9. The number of nitrogens with one attached hydrogen (secondary N) is 1. The zero-order chi connectivity index (χ0) is 18.7. The number of nitrogens with zero attached hydrogens (tertiary/aromatic N) is 1. The number of benzene rings is 2. The second-order valence-electron chi connectivity index (χ2n) is 6.49. The molecule has 1 heterocycles. The lowest BCUT2D eigenvalue weighted by molar-refractivity contribution is 0.414. The molecule has 0 unspecified atom stereocenters. The van der Waals surface area contributed by atoms with Crippen LogP contribution in [-0.2, 0) is 10.0 Å². The molecule has 26 heavy (non-hydrogen) atoms. The Hall–Kier alpha value is -1.76. The molecule has 0 aliphatic carbocycles. The van der Waals surface area contributed by atoms with E-state index < -0.39 is 10.0 Å². The molecular formula is C19H23ClN2O3S. The summed E-state index contributed by atoms with van der Waals surface area (Å²) in [6.07, 6.45) is 1.51. The summed E-state index contributed by atoms with van der Waals surface area (Å²) >= 11 is 5.97. The standard InChI is InChI=1S/C19H23ClN2O3S/c1-14-3-4-15(20)13-19(14)26(23,24)21-16-9-11-22(12-10-16)17-5-7-18(25-2)8-6-17/h3-8,13,16,21H,9-12H2,1-2H3. The molecule has 1 N–H and O–H groups in total. The Morgan fingerprint density at radius 2 is 1.77 bits per heavy atom. The molecule has 0 aromatic heterocycles. The fraction of sp³-hybridized carbons (Fsp3) is 0.368. The van der Waals surface area contributed by atoms with E-state index in [-0.39, 0.29) is 10.9 Å². The highest BCUT2D eigenvalue weighted by molar-refractivity contribution is 7.89. The van der Waals surface area contributed by atoms with Crippen LogP contribution in [0.4, 0.5) is 5.69 Å².